The number of nitrogens with zero attached hydrogens (tertiary/aromatic N) is 3. The van der Waals surface area contributed by atoms with Gasteiger partial charge in [-0.3, -0.25) is 4.90 Å². The SMILES string of the molecule is CN(C1CC1)[C@@H]1CCN(S(=O)(=O)c2cnc(O)c3ccccc23)C1. The van der Waals surface area contributed by atoms with E-state index in [1.807, 2.05) is 0 Å². The Hall–Kier alpha value is -1.70. The van der Waals surface area contributed by atoms with E-state index < -0.39 is 10.0 Å². The van der Waals surface area contributed by atoms with Crippen LogP contribution in [0.3, 0.4) is 0 Å². The Balaban J connectivity index is 1.67. The Bertz CT molecular complexity index is 880. The van der Waals surface area contributed by atoms with Crippen molar-refractivity contribution in [1.82, 2.24) is 14.2 Å². The molecule has 6 nitrogen and oxygen atoms in total. The zero-order valence-electron chi connectivity index (χ0n) is 13.6. The van der Waals surface area contributed by atoms with Crippen molar-refractivity contribution in [1.29, 1.82) is 0 Å². The fourth-order valence-electron chi connectivity index (χ4n) is 3.54. The zero-order valence-corrected chi connectivity index (χ0v) is 14.4. The zero-order chi connectivity index (χ0) is 16.9. The quantitative estimate of drug-likeness (QED) is 0.913. The van der Waals surface area contributed by atoms with Crippen molar-refractivity contribution in [2.75, 3.05) is 20.1 Å². The van der Waals surface area contributed by atoms with Crippen molar-refractivity contribution in [3.8, 4) is 5.88 Å². The molecule has 0 radical (unpaired) electrons. The van der Waals surface area contributed by atoms with Crippen LogP contribution in [0.4, 0.5) is 0 Å². The van der Waals surface area contributed by atoms with E-state index in [4.69, 9.17) is 0 Å². The lowest BCUT2D eigenvalue weighted by atomic mass is 10.2. The molecule has 0 unspecified atom stereocenters. The summed E-state index contributed by atoms with van der Waals surface area (Å²) in [6.07, 6.45) is 4.55. The molecule has 1 saturated carbocycles. The number of likely N-dealkylation sites (N-methyl/N-ethyl adjacent to an activating group) is 1. The van der Waals surface area contributed by atoms with Gasteiger partial charge in [-0.2, -0.15) is 4.31 Å². The van der Waals surface area contributed by atoms with Gasteiger partial charge in [0.05, 0.1) is 6.20 Å². The molecule has 0 spiro atoms. The normalized spacial score (nSPS) is 22.5. The third kappa shape index (κ3) is 2.56. The highest BCUT2D eigenvalue weighted by Gasteiger charge is 2.39. The van der Waals surface area contributed by atoms with E-state index in [2.05, 4.69) is 16.9 Å². The molecule has 1 aliphatic heterocycles. The Morgan fingerprint density at radius 2 is 1.88 bits per heavy atom. The van der Waals surface area contributed by atoms with Gasteiger partial charge in [-0.25, -0.2) is 13.4 Å². The summed E-state index contributed by atoms with van der Waals surface area (Å²) in [7, 11) is -1.53. The van der Waals surface area contributed by atoms with E-state index >= 15 is 0 Å². The third-order valence-corrected chi connectivity index (χ3v) is 7.07. The molecule has 2 heterocycles. The number of fused-ring (bicyclic) bond motifs is 1. The van der Waals surface area contributed by atoms with Crippen LogP contribution in [0.25, 0.3) is 10.8 Å². The molecule has 1 atom stereocenters. The Morgan fingerprint density at radius 1 is 1.17 bits per heavy atom. The predicted octanol–water partition coefficient (Wildman–Crippen LogP) is 1.80. The molecule has 2 fully saturated rings. The lowest BCUT2D eigenvalue weighted by Crippen LogP contribution is -2.37. The van der Waals surface area contributed by atoms with Gasteiger partial charge in [0, 0.05) is 35.9 Å². The Morgan fingerprint density at radius 3 is 2.58 bits per heavy atom. The molecule has 24 heavy (non-hydrogen) atoms. The average Bonchev–Trinajstić information content (AvgIpc) is 3.30. The molecule has 1 aromatic heterocycles. The minimum atomic E-state index is -3.62. The fourth-order valence-corrected chi connectivity index (χ4v) is 5.17. The number of rotatable bonds is 4. The summed E-state index contributed by atoms with van der Waals surface area (Å²) < 4.78 is 27.8. The molecule has 2 aliphatic rings. The van der Waals surface area contributed by atoms with Gasteiger partial charge in [0.1, 0.15) is 4.90 Å². The van der Waals surface area contributed by atoms with Crippen LogP contribution in [0.5, 0.6) is 5.88 Å². The first-order valence-electron chi connectivity index (χ1n) is 8.27. The van der Waals surface area contributed by atoms with Crippen LogP contribution >= 0.6 is 0 Å². The maximum Gasteiger partial charge on any atom is 0.245 e. The van der Waals surface area contributed by atoms with Gasteiger partial charge in [-0.15, -0.1) is 0 Å². The fraction of sp³-hybridized carbons (Fsp3) is 0.471. The summed E-state index contributed by atoms with van der Waals surface area (Å²) in [4.78, 5) is 6.37. The molecule has 1 aromatic carbocycles. The number of sulfonamides is 1. The predicted molar refractivity (Wildman–Crippen MR) is 91.4 cm³/mol. The molecule has 1 saturated heterocycles. The first-order chi connectivity index (χ1) is 11.5. The summed E-state index contributed by atoms with van der Waals surface area (Å²) in [5.41, 5.74) is 0. The van der Waals surface area contributed by atoms with Crippen molar-refractivity contribution < 1.29 is 13.5 Å². The van der Waals surface area contributed by atoms with E-state index in [1.165, 1.54) is 19.0 Å². The molecule has 4 rings (SSSR count). The van der Waals surface area contributed by atoms with Crippen molar-refractivity contribution in [2.24, 2.45) is 0 Å². The Labute approximate surface area is 141 Å². The third-order valence-electron chi connectivity index (χ3n) is 5.18. The summed E-state index contributed by atoms with van der Waals surface area (Å²) in [6, 6.07) is 7.83. The molecule has 7 heteroatoms. The van der Waals surface area contributed by atoms with Crippen LogP contribution in [-0.2, 0) is 10.0 Å². The van der Waals surface area contributed by atoms with Crippen LogP contribution in [-0.4, -0.2) is 59.9 Å². The molecule has 0 bridgehead atoms. The van der Waals surface area contributed by atoms with Crippen LogP contribution in [0.1, 0.15) is 19.3 Å². The molecule has 2 aromatic rings. The standard InChI is InChI=1S/C17H21N3O3S/c1-19(12-6-7-12)13-8-9-20(11-13)24(22,23)16-10-18-17(21)15-5-3-2-4-14(15)16/h2-5,10,12-13H,6-9,11H2,1H3,(H,18,21)/t13-/m1/s1. The van der Waals surface area contributed by atoms with Crippen molar-refractivity contribution >= 4 is 20.8 Å². The highest BCUT2D eigenvalue weighted by atomic mass is 32.2. The van der Waals surface area contributed by atoms with Gasteiger partial charge in [-0.1, -0.05) is 18.2 Å². The maximum atomic E-state index is 13.1. The molecule has 1 aliphatic carbocycles. The summed E-state index contributed by atoms with van der Waals surface area (Å²) in [6.45, 7) is 1.05. The minimum Gasteiger partial charge on any atom is -0.493 e. The summed E-state index contributed by atoms with van der Waals surface area (Å²) >= 11 is 0. The number of pyridine rings is 1. The lowest BCUT2D eigenvalue weighted by Gasteiger charge is -2.24. The number of hydrogen-bond donors (Lipinski definition) is 1. The molecular formula is C17H21N3O3S. The molecule has 1 N–H and O–H groups in total. The van der Waals surface area contributed by atoms with E-state index in [1.54, 1.807) is 28.6 Å². The van der Waals surface area contributed by atoms with E-state index in [-0.39, 0.29) is 16.8 Å². The van der Waals surface area contributed by atoms with Gasteiger partial charge < -0.3 is 5.11 Å². The summed E-state index contributed by atoms with van der Waals surface area (Å²) in [5.74, 6) is -0.141. The number of benzene rings is 1. The number of aromatic hydroxyl groups is 1. The maximum absolute atomic E-state index is 13.1. The van der Waals surface area contributed by atoms with E-state index in [0.29, 0.717) is 29.9 Å². The van der Waals surface area contributed by atoms with E-state index in [0.717, 1.165) is 6.42 Å². The second-order valence-electron chi connectivity index (χ2n) is 6.69. The highest BCUT2D eigenvalue weighted by Crippen LogP contribution is 2.34. The number of hydrogen-bond acceptors (Lipinski definition) is 5. The van der Waals surface area contributed by atoms with Gasteiger partial charge in [0.2, 0.25) is 15.9 Å². The highest BCUT2D eigenvalue weighted by molar-refractivity contribution is 7.89. The minimum absolute atomic E-state index is 0.141. The molecule has 128 valence electrons. The topological polar surface area (TPSA) is 73.7 Å². The van der Waals surface area contributed by atoms with Crippen LogP contribution < -0.4 is 0 Å². The average molecular weight is 347 g/mol. The van der Waals surface area contributed by atoms with E-state index in [9.17, 15) is 13.5 Å². The molecular weight excluding hydrogens is 326 g/mol. The monoisotopic (exact) mass is 347 g/mol. The van der Waals surface area contributed by atoms with Gasteiger partial charge in [-0.05, 0) is 32.4 Å². The van der Waals surface area contributed by atoms with Crippen LogP contribution in [0.2, 0.25) is 0 Å². The van der Waals surface area contributed by atoms with Crippen molar-refractivity contribution in [3.05, 3.63) is 30.5 Å². The first kappa shape index (κ1) is 15.8. The second-order valence-corrected chi connectivity index (χ2v) is 8.60. The first-order valence-corrected chi connectivity index (χ1v) is 9.71. The number of aromatic nitrogens is 1. The molecule has 0 amide bonds. The van der Waals surface area contributed by atoms with Crippen LogP contribution in [0, 0.1) is 0 Å². The second kappa shape index (κ2) is 5.68. The summed E-state index contributed by atoms with van der Waals surface area (Å²) in [5, 5.41) is 10.9. The smallest absolute Gasteiger partial charge is 0.245 e. The van der Waals surface area contributed by atoms with Crippen molar-refractivity contribution in [3.63, 3.8) is 0 Å². The largest absolute Gasteiger partial charge is 0.493 e. The van der Waals surface area contributed by atoms with Crippen LogP contribution in [0.15, 0.2) is 35.4 Å². The van der Waals surface area contributed by atoms with Crippen molar-refractivity contribution in [2.45, 2.75) is 36.2 Å². The van der Waals surface area contributed by atoms with Gasteiger partial charge in [0.15, 0.2) is 0 Å². The van der Waals surface area contributed by atoms with Gasteiger partial charge in [0.25, 0.3) is 0 Å². The Kier molecular flexibility index (Phi) is 3.74. The lowest BCUT2D eigenvalue weighted by molar-refractivity contribution is 0.240. The van der Waals surface area contributed by atoms with Gasteiger partial charge >= 0.3 is 0 Å².